The Labute approximate surface area is 463 Å². The van der Waals surface area contributed by atoms with Gasteiger partial charge in [-0.15, -0.1) is 0 Å². The lowest BCUT2D eigenvalue weighted by Crippen LogP contribution is -2.28. The fourth-order valence-corrected chi connectivity index (χ4v) is 12.7. The van der Waals surface area contributed by atoms with Crippen molar-refractivity contribution in [1.29, 1.82) is 0 Å². The van der Waals surface area contributed by atoms with Crippen LogP contribution < -0.4 is 4.90 Å². The van der Waals surface area contributed by atoms with E-state index in [4.69, 9.17) is 0 Å². The Morgan fingerprint density at radius 2 is 0.759 bits per heavy atom. The summed E-state index contributed by atoms with van der Waals surface area (Å²) in [6.45, 7) is 4.47. The fraction of sp³-hybridized carbons (Fsp3) is 0.0649. The zero-order chi connectivity index (χ0) is 52.9. The molecule has 12 aromatic carbocycles. The minimum absolute atomic E-state index is 0.544. The summed E-state index contributed by atoms with van der Waals surface area (Å²) in [4.78, 5) is 2.47. The van der Waals surface area contributed by atoms with Crippen molar-refractivity contribution < 1.29 is 0 Å². The van der Waals surface area contributed by atoms with Crippen LogP contribution in [0.3, 0.4) is 0 Å². The van der Waals surface area contributed by atoms with Gasteiger partial charge in [-0.25, -0.2) is 0 Å². The Hall–Kier alpha value is -9.76. The molecule has 13 aromatic rings. The van der Waals surface area contributed by atoms with Crippen LogP contribution in [0.25, 0.3) is 83.1 Å². The fourth-order valence-electron chi connectivity index (χ4n) is 12.7. The Bertz CT molecular complexity index is 4230. The minimum atomic E-state index is -0.544. The van der Waals surface area contributed by atoms with Crippen LogP contribution in [0.1, 0.15) is 47.2 Å². The molecule has 2 nitrogen and oxygen atoms in total. The first kappa shape index (κ1) is 47.7. The number of hydrogen-bond acceptors (Lipinski definition) is 1. The maximum atomic E-state index is 2.47. The molecule has 1 aliphatic carbocycles. The molecule has 1 aliphatic rings. The molecule has 0 saturated carbocycles. The van der Waals surface area contributed by atoms with Gasteiger partial charge in [0, 0.05) is 33.4 Å². The van der Waals surface area contributed by atoms with Crippen molar-refractivity contribution in [3.05, 3.63) is 325 Å². The molecule has 0 amide bonds. The highest BCUT2D eigenvalue weighted by molar-refractivity contribution is 6.10. The van der Waals surface area contributed by atoms with E-state index in [1.165, 1.54) is 99.8 Å². The topological polar surface area (TPSA) is 8.17 Å². The summed E-state index contributed by atoms with van der Waals surface area (Å²) in [7, 11) is 0. The van der Waals surface area contributed by atoms with Gasteiger partial charge in [-0.05, 0) is 169 Å². The number of anilines is 3. The van der Waals surface area contributed by atoms with Gasteiger partial charge in [-0.3, -0.25) is 0 Å². The second-order valence-electron chi connectivity index (χ2n) is 21.0. The largest absolute Gasteiger partial charge is 0.310 e. The lowest BCUT2D eigenvalue weighted by Gasteiger charge is -2.35. The third-order valence-corrected chi connectivity index (χ3v) is 16.6. The van der Waals surface area contributed by atoms with Gasteiger partial charge in [0.05, 0.1) is 22.1 Å². The number of aromatic nitrogens is 1. The Kier molecular flexibility index (Phi) is 12.1. The third kappa shape index (κ3) is 8.19. The molecule has 0 spiro atoms. The van der Waals surface area contributed by atoms with E-state index >= 15 is 0 Å². The van der Waals surface area contributed by atoms with Crippen molar-refractivity contribution in [2.75, 3.05) is 4.90 Å². The smallest absolute Gasteiger partial charge is 0.0714 e. The van der Waals surface area contributed by atoms with Crippen molar-refractivity contribution in [3.8, 4) is 61.3 Å². The zero-order valence-electron chi connectivity index (χ0n) is 44.5. The van der Waals surface area contributed by atoms with Crippen LogP contribution in [0.4, 0.5) is 17.1 Å². The highest BCUT2D eigenvalue weighted by Crippen LogP contribution is 2.57. The van der Waals surface area contributed by atoms with Crippen LogP contribution in [-0.2, 0) is 18.3 Å². The van der Waals surface area contributed by atoms with E-state index in [9.17, 15) is 0 Å². The summed E-state index contributed by atoms with van der Waals surface area (Å²) in [5, 5.41) is 2.64. The number of fused-ring (bicyclic) bond motifs is 6. The molecule has 0 fully saturated rings. The van der Waals surface area contributed by atoms with E-state index in [-0.39, 0.29) is 0 Å². The summed E-state index contributed by atoms with van der Waals surface area (Å²) in [6.07, 6.45) is 2.04. The molecular formula is C77H58N2. The molecule has 0 saturated heterocycles. The van der Waals surface area contributed by atoms with Gasteiger partial charge in [-0.1, -0.05) is 232 Å². The summed E-state index contributed by atoms with van der Waals surface area (Å²) in [6, 6.07) is 108. The number of rotatable bonds is 12. The first-order valence-electron chi connectivity index (χ1n) is 27.8. The second kappa shape index (κ2) is 20.0. The molecule has 1 heterocycles. The van der Waals surface area contributed by atoms with Crippen LogP contribution in [0.5, 0.6) is 0 Å². The molecule has 1 aromatic heterocycles. The molecule has 0 radical (unpaired) electrons. The van der Waals surface area contributed by atoms with E-state index in [1.807, 2.05) is 0 Å². The van der Waals surface area contributed by atoms with E-state index in [2.05, 4.69) is 315 Å². The monoisotopic (exact) mass is 1010 g/mol. The Morgan fingerprint density at radius 3 is 1.32 bits per heavy atom. The van der Waals surface area contributed by atoms with Gasteiger partial charge in [0.1, 0.15) is 0 Å². The van der Waals surface area contributed by atoms with E-state index in [0.717, 1.165) is 46.6 Å². The highest BCUT2D eigenvalue weighted by Gasteiger charge is 2.46. The van der Waals surface area contributed by atoms with E-state index < -0.39 is 5.41 Å². The van der Waals surface area contributed by atoms with Crippen molar-refractivity contribution >= 4 is 38.9 Å². The van der Waals surface area contributed by atoms with Gasteiger partial charge >= 0.3 is 0 Å². The van der Waals surface area contributed by atoms with Crippen molar-refractivity contribution in [1.82, 2.24) is 4.57 Å². The Balaban J connectivity index is 0.862. The average molecular weight is 1010 g/mol. The molecule has 2 heteroatoms. The molecule has 376 valence electrons. The predicted octanol–water partition coefficient (Wildman–Crippen LogP) is 20.4. The van der Waals surface area contributed by atoms with Gasteiger partial charge in [0.15, 0.2) is 0 Å². The van der Waals surface area contributed by atoms with Crippen LogP contribution in [0, 0.1) is 0 Å². The van der Waals surface area contributed by atoms with Crippen molar-refractivity contribution in [3.63, 3.8) is 0 Å². The van der Waals surface area contributed by atoms with Crippen molar-refractivity contribution in [2.24, 2.45) is 0 Å². The van der Waals surface area contributed by atoms with Gasteiger partial charge in [-0.2, -0.15) is 0 Å². The minimum Gasteiger partial charge on any atom is -0.310 e. The predicted molar refractivity (Wildman–Crippen MR) is 333 cm³/mol. The third-order valence-electron chi connectivity index (χ3n) is 16.6. The first-order valence-corrected chi connectivity index (χ1v) is 27.8. The normalized spacial score (nSPS) is 12.4. The lowest BCUT2D eigenvalue weighted by molar-refractivity contribution is 0.768. The van der Waals surface area contributed by atoms with Crippen LogP contribution >= 0.6 is 0 Å². The van der Waals surface area contributed by atoms with Crippen LogP contribution in [0.15, 0.2) is 291 Å². The molecule has 14 rings (SSSR count). The quantitative estimate of drug-likeness (QED) is 0.118. The number of hydrogen-bond donors (Lipinski definition) is 0. The summed E-state index contributed by atoms with van der Waals surface area (Å²) < 4.78 is 2.43. The molecule has 0 unspecified atom stereocenters. The van der Waals surface area contributed by atoms with Crippen LogP contribution in [0.2, 0.25) is 0 Å². The maximum absolute atomic E-state index is 2.47. The molecule has 79 heavy (non-hydrogen) atoms. The van der Waals surface area contributed by atoms with Crippen molar-refractivity contribution in [2.45, 2.75) is 32.1 Å². The number of benzene rings is 12. The second-order valence-corrected chi connectivity index (χ2v) is 21.0. The Morgan fingerprint density at radius 1 is 0.316 bits per heavy atom. The summed E-state index contributed by atoms with van der Waals surface area (Å²) in [5.41, 5.74) is 26.1. The van der Waals surface area contributed by atoms with Gasteiger partial charge in [0.25, 0.3) is 0 Å². The number of aryl methyl sites for hydroxylation is 2. The van der Waals surface area contributed by atoms with Gasteiger partial charge < -0.3 is 9.47 Å². The highest BCUT2D eigenvalue weighted by atomic mass is 15.1. The summed E-state index contributed by atoms with van der Waals surface area (Å²) >= 11 is 0. The molecule has 0 bridgehead atoms. The SMILES string of the molecule is CCc1ccc2c(c1)c1cc(CC)ccc1n2-c1ccc(-c2ccc(-c3ccc(N(c4ccc5c(c4)C(c4ccccc4)(c4ccccc4)c4ccccc4-5)c4ccc(-c5ccccc5)cc4-c4ccccc4)cc3)cc2)cc1. The first-order chi connectivity index (χ1) is 39.1. The zero-order valence-corrected chi connectivity index (χ0v) is 44.5. The van der Waals surface area contributed by atoms with E-state index in [0.29, 0.717) is 0 Å². The average Bonchev–Trinajstić information content (AvgIpc) is 3.55. The van der Waals surface area contributed by atoms with Gasteiger partial charge in [0.2, 0.25) is 0 Å². The van der Waals surface area contributed by atoms with E-state index in [1.54, 1.807) is 0 Å². The molecule has 0 aliphatic heterocycles. The van der Waals surface area contributed by atoms with Crippen LogP contribution in [-0.4, -0.2) is 4.57 Å². The standard InChI is InChI=1S/C77H58N2/c1-3-53-29-46-75-70(49-53)71-50-54(4-2)30-47-76(71)79(75)65-42-37-59(38-43-65)57-33-31-56(32-34-57)58-35-40-64(41-36-58)78(74-48-39-61(55-19-9-5-10-20-55)51-69(74)60-21-11-6-12-22-60)66-44-45-68-67-27-17-18-28-72(67)77(73(68)52-66,62-23-13-7-14-24-62)63-25-15-8-16-26-63/h5-52H,3-4H2,1-2H3. The number of nitrogens with zero attached hydrogens (tertiary/aromatic N) is 2. The summed E-state index contributed by atoms with van der Waals surface area (Å²) in [5.74, 6) is 0. The molecule has 0 atom stereocenters. The maximum Gasteiger partial charge on any atom is 0.0714 e. The lowest BCUT2D eigenvalue weighted by atomic mass is 9.67. The molecule has 0 N–H and O–H groups in total. The molecular weight excluding hydrogens is 953 g/mol.